The van der Waals surface area contributed by atoms with Crippen LogP contribution >= 0.6 is 0 Å². The monoisotopic (exact) mass is 720 g/mol. The molecule has 1 aliphatic heterocycles. The van der Waals surface area contributed by atoms with E-state index in [1.807, 2.05) is 0 Å². The Hall–Kier alpha value is -6.91. The van der Waals surface area contributed by atoms with Crippen molar-refractivity contribution in [2.24, 2.45) is 10.9 Å². The van der Waals surface area contributed by atoms with Crippen molar-refractivity contribution >= 4 is 50.2 Å². The van der Waals surface area contributed by atoms with Crippen molar-refractivity contribution in [1.29, 1.82) is 0 Å². The maximum Gasteiger partial charge on any atom is 0.203 e. The van der Waals surface area contributed by atoms with Crippen molar-refractivity contribution in [3.63, 3.8) is 0 Å². The molecule has 56 heavy (non-hydrogen) atoms. The van der Waals surface area contributed by atoms with Gasteiger partial charge < -0.3 is 14.0 Å². The van der Waals surface area contributed by atoms with Gasteiger partial charge in [0.1, 0.15) is 0 Å². The third-order valence-electron chi connectivity index (χ3n) is 11.9. The van der Waals surface area contributed by atoms with Crippen LogP contribution in [0.25, 0.3) is 66.7 Å². The van der Waals surface area contributed by atoms with Crippen molar-refractivity contribution in [3.8, 4) is 27.9 Å². The minimum absolute atomic E-state index is 0.238. The highest BCUT2D eigenvalue weighted by Crippen LogP contribution is 2.43. The first kappa shape index (κ1) is 32.5. The van der Waals surface area contributed by atoms with Gasteiger partial charge in [-0.15, -0.1) is 0 Å². The van der Waals surface area contributed by atoms with Crippen LogP contribution in [0.5, 0.6) is 0 Å². The zero-order chi connectivity index (χ0) is 37.3. The second-order valence-corrected chi connectivity index (χ2v) is 15.3. The van der Waals surface area contributed by atoms with E-state index in [1.54, 1.807) is 0 Å². The lowest BCUT2D eigenvalue weighted by atomic mass is 9.92. The van der Waals surface area contributed by atoms with Crippen LogP contribution in [0.15, 0.2) is 181 Å². The molecule has 2 unspecified atom stereocenters. The molecule has 0 spiro atoms. The lowest BCUT2D eigenvalue weighted by molar-refractivity contribution is 0.520. The van der Waals surface area contributed by atoms with E-state index in [2.05, 4.69) is 210 Å². The lowest BCUT2D eigenvalue weighted by Gasteiger charge is -2.36. The van der Waals surface area contributed by atoms with Gasteiger partial charge >= 0.3 is 0 Å². The van der Waals surface area contributed by atoms with Gasteiger partial charge in [0, 0.05) is 51.4 Å². The maximum atomic E-state index is 5.56. The number of benzene rings is 7. The highest BCUT2D eigenvalue weighted by Gasteiger charge is 2.32. The van der Waals surface area contributed by atoms with Crippen LogP contribution in [-0.2, 0) is 6.42 Å². The Morgan fingerprint density at radius 3 is 2.00 bits per heavy atom. The third kappa shape index (κ3) is 5.10. The van der Waals surface area contributed by atoms with E-state index >= 15 is 0 Å². The van der Waals surface area contributed by atoms with Gasteiger partial charge in [0.15, 0.2) is 0 Å². The molecule has 2 aromatic heterocycles. The summed E-state index contributed by atoms with van der Waals surface area (Å²) in [4.78, 5) is 7.89. The van der Waals surface area contributed by atoms with Crippen molar-refractivity contribution in [3.05, 3.63) is 198 Å². The molecular weight excluding hydrogens is 681 g/mol. The minimum Gasteiger partial charge on any atom is -0.335 e. The topological polar surface area (TPSA) is 25.5 Å². The normalized spacial score (nSPS) is 16.3. The summed E-state index contributed by atoms with van der Waals surface area (Å²) in [5.74, 6) is 0.460. The van der Waals surface area contributed by atoms with Crippen LogP contribution in [-0.4, -0.2) is 21.9 Å². The Labute approximate surface area is 326 Å². The lowest BCUT2D eigenvalue weighted by Crippen LogP contribution is -2.34. The van der Waals surface area contributed by atoms with Gasteiger partial charge in [-0.1, -0.05) is 134 Å². The van der Waals surface area contributed by atoms with Crippen molar-refractivity contribution in [2.45, 2.75) is 19.6 Å². The molecule has 0 bridgehead atoms. The summed E-state index contributed by atoms with van der Waals surface area (Å²) < 4.78 is 4.88. The first-order chi connectivity index (χ1) is 27.6. The Morgan fingerprint density at radius 1 is 0.536 bits per heavy atom. The summed E-state index contributed by atoms with van der Waals surface area (Å²) in [6.45, 7) is 2.32. The number of hydrogen-bond donors (Lipinski definition) is 0. The number of nitrogens with zero attached hydrogens (tertiary/aromatic N) is 4. The van der Waals surface area contributed by atoms with E-state index in [0.717, 1.165) is 28.9 Å². The van der Waals surface area contributed by atoms with Crippen LogP contribution in [0.4, 0.5) is 5.69 Å². The molecule has 11 rings (SSSR count). The fourth-order valence-corrected chi connectivity index (χ4v) is 9.19. The summed E-state index contributed by atoms with van der Waals surface area (Å²) in [7, 11) is 2.18. The molecule has 2 aliphatic rings. The van der Waals surface area contributed by atoms with Crippen LogP contribution in [0.2, 0.25) is 0 Å². The Kier molecular flexibility index (Phi) is 7.46. The maximum absolute atomic E-state index is 5.56. The van der Waals surface area contributed by atoms with E-state index < -0.39 is 0 Å². The average Bonchev–Trinajstić information content (AvgIpc) is 3.76. The predicted octanol–water partition coefficient (Wildman–Crippen LogP) is 12.7. The number of rotatable bonds is 5. The van der Waals surface area contributed by atoms with Gasteiger partial charge in [-0.05, 0) is 94.8 Å². The zero-order valence-electron chi connectivity index (χ0n) is 31.5. The SMILES string of the molecule is CC1C=Cc2c(c3cc(-c4ccc5c(c4)c4ccccc4n5-c4cccc(-c5ccccc5)c4)ccc3n2C2N=C(c3ccccc3)c3ccccc3N2C)C1. The summed E-state index contributed by atoms with van der Waals surface area (Å²) in [5, 5.41) is 3.81. The summed E-state index contributed by atoms with van der Waals surface area (Å²) >= 11 is 0. The Bertz CT molecular complexity index is 3040. The second kappa shape index (κ2) is 12.9. The van der Waals surface area contributed by atoms with E-state index in [4.69, 9.17) is 4.99 Å². The van der Waals surface area contributed by atoms with Crippen molar-refractivity contribution in [2.75, 3.05) is 11.9 Å². The number of para-hydroxylation sites is 2. The van der Waals surface area contributed by atoms with E-state index in [1.165, 1.54) is 71.9 Å². The molecule has 7 aromatic carbocycles. The fraction of sp³-hybridized carbons (Fsp3) is 0.0962. The molecule has 0 radical (unpaired) electrons. The standard InChI is InChI=1S/C52H40N4/c1-34-24-27-49-43(30-34)45-33-39(26-29-50(45)56(49)52-53-51(36-16-7-4-8-17-36)42-21-10-11-22-46(42)54(52)2)38-25-28-48-44(32-38)41-20-9-12-23-47(41)55(48)40-19-13-18-37(31-40)35-14-5-3-6-15-35/h3-29,31-34,52H,30H2,1-2H3. The quantitative estimate of drug-likeness (QED) is 0.174. The molecule has 4 heteroatoms. The van der Waals surface area contributed by atoms with Gasteiger partial charge in [0.05, 0.1) is 22.3 Å². The molecule has 268 valence electrons. The number of hydrogen-bond acceptors (Lipinski definition) is 2. The van der Waals surface area contributed by atoms with E-state index in [0.29, 0.717) is 5.92 Å². The molecule has 0 saturated carbocycles. The molecule has 0 N–H and O–H groups in total. The van der Waals surface area contributed by atoms with E-state index in [-0.39, 0.29) is 6.29 Å². The van der Waals surface area contributed by atoms with Gasteiger partial charge in [0.2, 0.25) is 6.29 Å². The minimum atomic E-state index is -0.238. The number of allylic oxidation sites excluding steroid dienone is 1. The van der Waals surface area contributed by atoms with Gasteiger partial charge in [0.25, 0.3) is 0 Å². The third-order valence-corrected chi connectivity index (χ3v) is 11.9. The highest BCUT2D eigenvalue weighted by molar-refractivity contribution is 6.17. The number of anilines is 1. The number of aliphatic imine (C=N–C) groups is 1. The smallest absolute Gasteiger partial charge is 0.203 e. The molecule has 0 saturated heterocycles. The molecule has 1 aliphatic carbocycles. The molecule has 3 heterocycles. The van der Waals surface area contributed by atoms with Crippen LogP contribution in [0, 0.1) is 5.92 Å². The first-order valence-electron chi connectivity index (χ1n) is 19.6. The van der Waals surface area contributed by atoms with Crippen molar-refractivity contribution in [1.82, 2.24) is 9.13 Å². The molecule has 9 aromatic rings. The molecule has 4 nitrogen and oxygen atoms in total. The molecule has 2 atom stereocenters. The molecular formula is C52H40N4. The van der Waals surface area contributed by atoms with Crippen LogP contribution < -0.4 is 4.90 Å². The summed E-state index contributed by atoms with van der Waals surface area (Å²) in [6, 6.07) is 61.7. The van der Waals surface area contributed by atoms with E-state index in [9.17, 15) is 0 Å². The van der Waals surface area contributed by atoms with Crippen LogP contribution in [0.1, 0.15) is 35.6 Å². The summed E-state index contributed by atoms with van der Waals surface area (Å²) in [5.41, 5.74) is 16.8. The fourth-order valence-electron chi connectivity index (χ4n) is 9.19. The van der Waals surface area contributed by atoms with Gasteiger partial charge in [-0.2, -0.15) is 0 Å². The number of aromatic nitrogens is 2. The largest absolute Gasteiger partial charge is 0.335 e. The van der Waals surface area contributed by atoms with Gasteiger partial charge in [-0.3, -0.25) is 0 Å². The van der Waals surface area contributed by atoms with Crippen molar-refractivity contribution < 1.29 is 0 Å². The molecule has 0 amide bonds. The Morgan fingerprint density at radius 2 is 1.18 bits per heavy atom. The summed E-state index contributed by atoms with van der Waals surface area (Å²) in [6.07, 6.45) is 5.45. The zero-order valence-corrected chi connectivity index (χ0v) is 31.5. The average molecular weight is 721 g/mol. The van der Waals surface area contributed by atoms with Crippen LogP contribution in [0.3, 0.4) is 0 Å². The second-order valence-electron chi connectivity index (χ2n) is 15.3. The number of fused-ring (bicyclic) bond motifs is 7. The molecule has 0 fully saturated rings. The Balaban J connectivity index is 1.06. The van der Waals surface area contributed by atoms with Gasteiger partial charge in [-0.25, -0.2) is 4.99 Å². The first-order valence-corrected chi connectivity index (χ1v) is 19.6. The highest BCUT2D eigenvalue weighted by atomic mass is 15.4. The predicted molar refractivity (Wildman–Crippen MR) is 235 cm³/mol.